The second-order valence-electron chi connectivity index (χ2n) is 3.86. The van der Waals surface area contributed by atoms with Crippen molar-refractivity contribution in [3.63, 3.8) is 0 Å². The molecule has 0 atom stereocenters. The normalized spacial score (nSPS) is 10.3. The fourth-order valence-corrected chi connectivity index (χ4v) is 2.28. The van der Waals surface area contributed by atoms with Crippen LogP contribution in [0, 0.1) is 0 Å². The molecule has 0 aromatic heterocycles. The zero-order valence-electron chi connectivity index (χ0n) is 9.36. The van der Waals surface area contributed by atoms with Gasteiger partial charge in [-0.25, -0.2) is 0 Å². The minimum atomic E-state index is -0.878. The summed E-state index contributed by atoms with van der Waals surface area (Å²) in [7, 11) is 0. The largest absolute Gasteiger partial charge is 0.481 e. The molecule has 0 bridgehead atoms. The molecule has 2 rings (SSSR count). The average Bonchev–Trinajstić information content (AvgIpc) is 2.30. The number of halogens is 2. The van der Waals surface area contributed by atoms with E-state index in [1.807, 2.05) is 18.2 Å². The quantitative estimate of drug-likeness (QED) is 0.911. The number of hydrogen-bond acceptors (Lipinski definition) is 1. The van der Waals surface area contributed by atoms with E-state index in [-0.39, 0.29) is 6.42 Å². The molecule has 2 nitrogen and oxygen atoms in total. The van der Waals surface area contributed by atoms with Gasteiger partial charge in [0.15, 0.2) is 0 Å². The van der Waals surface area contributed by atoms with E-state index in [0.717, 1.165) is 11.1 Å². The van der Waals surface area contributed by atoms with Crippen LogP contribution < -0.4 is 0 Å². The van der Waals surface area contributed by atoms with E-state index in [1.165, 1.54) is 0 Å². The van der Waals surface area contributed by atoms with Crippen molar-refractivity contribution in [2.45, 2.75) is 6.42 Å². The van der Waals surface area contributed by atoms with Gasteiger partial charge in [-0.05, 0) is 17.7 Å². The van der Waals surface area contributed by atoms with Gasteiger partial charge in [0.2, 0.25) is 0 Å². The zero-order chi connectivity index (χ0) is 13.1. The zero-order valence-corrected chi connectivity index (χ0v) is 10.9. The molecule has 0 radical (unpaired) electrons. The molecule has 92 valence electrons. The first-order valence-corrected chi connectivity index (χ1v) is 6.08. The standard InChI is InChI=1S/C14H10Cl2O2/c15-12-4-2-1-3-10(12)11-6-5-9(7-13(11)16)8-14(17)18/h1-7H,8H2,(H,17,18). The second-order valence-corrected chi connectivity index (χ2v) is 4.68. The Morgan fingerprint density at radius 1 is 1.00 bits per heavy atom. The van der Waals surface area contributed by atoms with Crippen LogP contribution in [0.25, 0.3) is 11.1 Å². The maximum Gasteiger partial charge on any atom is 0.307 e. The summed E-state index contributed by atoms with van der Waals surface area (Å²) in [5.41, 5.74) is 2.31. The Balaban J connectivity index is 2.42. The molecule has 0 saturated carbocycles. The van der Waals surface area contributed by atoms with Crippen LogP contribution in [-0.4, -0.2) is 11.1 Å². The molecule has 2 aromatic carbocycles. The van der Waals surface area contributed by atoms with E-state index < -0.39 is 5.97 Å². The van der Waals surface area contributed by atoms with Gasteiger partial charge >= 0.3 is 5.97 Å². The van der Waals surface area contributed by atoms with E-state index in [9.17, 15) is 4.79 Å². The van der Waals surface area contributed by atoms with E-state index in [4.69, 9.17) is 28.3 Å². The highest BCUT2D eigenvalue weighted by Crippen LogP contribution is 2.33. The van der Waals surface area contributed by atoms with Crippen LogP contribution in [-0.2, 0) is 11.2 Å². The lowest BCUT2D eigenvalue weighted by Crippen LogP contribution is -1.99. The molecule has 0 aliphatic heterocycles. The number of benzene rings is 2. The molecule has 0 spiro atoms. The van der Waals surface area contributed by atoms with Crippen LogP contribution >= 0.6 is 23.2 Å². The van der Waals surface area contributed by atoms with Crippen LogP contribution in [0.4, 0.5) is 0 Å². The SMILES string of the molecule is O=C(O)Cc1ccc(-c2ccccc2Cl)c(Cl)c1. The number of hydrogen-bond donors (Lipinski definition) is 1. The Labute approximate surface area is 115 Å². The first kappa shape index (κ1) is 12.9. The third-order valence-electron chi connectivity index (χ3n) is 2.55. The molecule has 1 N–H and O–H groups in total. The molecule has 0 heterocycles. The maximum absolute atomic E-state index is 10.6. The van der Waals surface area contributed by atoms with E-state index in [2.05, 4.69) is 0 Å². The summed E-state index contributed by atoms with van der Waals surface area (Å²) in [6.07, 6.45) is -0.0392. The fourth-order valence-electron chi connectivity index (χ4n) is 1.74. The summed E-state index contributed by atoms with van der Waals surface area (Å²) in [6, 6.07) is 12.6. The molecular formula is C14H10Cl2O2. The number of carbonyl (C=O) groups is 1. The molecular weight excluding hydrogens is 271 g/mol. The third-order valence-corrected chi connectivity index (χ3v) is 3.20. The minimum Gasteiger partial charge on any atom is -0.481 e. The maximum atomic E-state index is 10.6. The molecule has 18 heavy (non-hydrogen) atoms. The smallest absolute Gasteiger partial charge is 0.307 e. The van der Waals surface area contributed by atoms with Crippen molar-refractivity contribution in [2.24, 2.45) is 0 Å². The average molecular weight is 281 g/mol. The van der Waals surface area contributed by atoms with Gasteiger partial charge in [-0.15, -0.1) is 0 Å². The van der Waals surface area contributed by atoms with Crippen molar-refractivity contribution in [3.05, 3.63) is 58.1 Å². The van der Waals surface area contributed by atoms with Crippen molar-refractivity contribution < 1.29 is 9.90 Å². The summed E-state index contributed by atoms with van der Waals surface area (Å²) >= 11 is 12.3. The predicted molar refractivity (Wildman–Crippen MR) is 73.2 cm³/mol. The van der Waals surface area contributed by atoms with Gasteiger partial charge in [-0.2, -0.15) is 0 Å². The lowest BCUT2D eigenvalue weighted by atomic mass is 10.0. The third kappa shape index (κ3) is 2.84. The molecule has 0 aliphatic carbocycles. The molecule has 0 saturated heterocycles. The molecule has 0 fully saturated rings. The Hall–Kier alpha value is -1.51. The highest BCUT2D eigenvalue weighted by molar-refractivity contribution is 6.36. The summed E-state index contributed by atoms with van der Waals surface area (Å²) in [6.45, 7) is 0. The van der Waals surface area contributed by atoms with Crippen molar-refractivity contribution in [1.29, 1.82) is 0 Å². The van der Waals surface area contributed by atoms with Gasteiger partial charge in [-0.1, -0.05) is 53.5 Å². The molecule has 0 aliphatic rings. The van der Waals surface area contributed by atoms with Crippen LogP contribution in [0.1, 0.15) is 5.56 Å². The first-order chi connectivity index (χ1) is 8.58. The van der Waals surface area contributed by atoms with Crippen molar-refractivity contribution >= 4 is 29.2 Å². The Kier molecular flexibility index (Phi) is 3.90. The Bertz CT molecular complexity index is 594. The lowest BCUT2D eigenvalue weighted by Gasteiger charge is -2.08. The highest BCUT2D eigenvalue weighted by atomic mass is 35.5. The van der Waals surface area contributed by atoms with Crippen molar-refractivity contribution in [1.82, 2.24) is 0 Å². The summed E-state index contributed by atoms with van der Waals surface area (Å²) in [5.74, 6) is -0.878. The Morgan fingerprint density at radius 3 is 2.28 bits per heavy atom. The number of carboxylic acid groups (broad SMARTS) is 1. The van der Waals surface area contributed by atoms with Gasteiger partial charge in [0.05, 0.1) is 6.42 Å². The topological polar surface area (TPSA) is 37.3 Å². The van der Waals surface area contributed by atoms with Crippen LogP contribution in [0.3, 0.4) is 0 Å². The highest BCUT2D eigenvalue weighted by Gasteiger charge is 2.09. The van der Waals surface area contributed by atoms with E-state index in [1.54, 1.807) is 24.3 Å². The first-order valence-electron chi connectivity index (χ1n) is 5.33. The minimum absolute atomic E-state index is 0.0392. The summed E-state index contributed by atoms with van der Waals surface area (Å²) < 4.78 is 0. The van der Waals surface area contributed by atoms with E-state index in [0.29, 0.717) is 15.6 Å². The molecule has 0 unspecified atom stereocenters. The fraction of sp³-hybridized carbons (Fsp3) is 0.0714. The van der Waals surface area contributed by atoms with Crippen LogP contribution in [0.2, 0.25) is 10.0 Å². The monoisotopic (exact) mass is 280 g/mol. The second kappa shape index (κ2) is 5.42. The van der Waals surface area contributed by atoms with Crippen LogP contribution in [0.15, 0.2) is 42.5 Å². The summed E-state index contributed by atoms with van der Waals surface area (Å²) in [5, 5.41) is 9.84. The predicted octanol–water partition coefficient (Wildman–Crippen LogP) is 4.29. The van der Waals surface area contributed by atoms with Gasteiger partial charge < -0.3 is 5.11 Å². The molecule has 4 heteroatoms. The Morgan fingerprint density at radius 2 is 1.67 bits per heavy atom. The van der Waals surface area contributed by atoms with E-state index >= 15 is 0 Å². The number of rotatable bonds is 3. The van der Waals surface area contributed by atoms with Crippen LogP contribution in [0.5, 0.6) is 0 Å². The van der Waals surface area contributed by atoms with Crippen molar-refractivity contribution in [2.75, 3.05) is 0 Å². The number of aliphatic carboxylic acids is 1. The summed E-state index contributed by atoms with van der Waals surface area (Å²) in [4.78, 5) is 10.6. The van der Waals surface area contributed by atoms with Gasteiger partial charge in [0.1, 0.15) is 0 Å². The van der Waals surface area contributed by atoms with Gasteiger partial charge in [-0.3, -0.25) is 4.79 Å². The van der Waals surface area contributed by atoms with Gasteiger partial charge in [0.25, 0.3) is 0 Å². The lowest BCUT2D eigenvalue weighted by molar-refractivity contribution is -0.136. The molecule has 0 amide bonds. The van der Waals surface area contributed by atoms with Gasteiger partial charge in [0, 0.05) is 21.2 Å². The molecule has 2 aromatic rings. The van der Waals surface area contributed by atoms with Crippen molar-refractivity contribution in [3.8, 4) is 11.1 Å². The number of carboxylic acids is 1.